The van der Waals surface area contributed by atoms with Crippen LogP contribution in [0.1, 0.15) is 10.4 Å². The fraction of sp³-hybridized carbons (Fsp3) is 0.417. The van der Waals surface area contributed by atoms with Crippen LogP contribution in [-0.2, 0) is 0 Å². The minimum absolute atomic E-state index is 0.0160. The van der Waals surface area contributed by atoms with E-state index < -0.39 is 0 Å². The molecule has 1 heterocycles. The van der Waals surface area contributed by atoms with Crippen LogP contribution in [-0.4, -0.2) is 44.1 Å². The average molecular weight is 299 g/mol. The first-order valence-corrected chi connectivity index (χ1v) is 6.24. The molecule has 1 fully saturated rings. The normalized spacial score (nSPS) is 15.2. The van der Waals surface area contributed by atoms with Crippen molar-refractivity contribution in [2.24, 2.45) is 0 Å². The zero-order chi connectivity index (χ0) is 12.4. The van der Waals surface area contributed by atoms with Gasteiger partial charge >= 0.3 is 0 Å². The maximum absolute atomic E-state index is 12.3. The molecule has 1 aromatic rings. The van der Waals surface area contributed by atoms with Crippen molar-refractivity contribution in [3.8, 4) is 5.75 Å². The highest BCUT2D eigenvalue weighted by atomic mass is 79.9. The molecule has 0 bridgehead atoms. The smallest absolute Gasteiger partial charge is 0.255 e. The molecule has 92 valence electrons. The minimum atomic E-state index is 0.0160. The number of carbonyl (C=O) groups is 1. The van der Waals surface area contributed by atoms with Gasteiger partial charge in [0.2, 0.25) is 0 Å². The maximum Gasteiger partial charge on any atom is 0.255 e. The minimum Gasteiger partial charge on any atom is -0.497 e. The molecule has 0 atom stereocenters. The molecular formula is C12H15BrN2O2. The van der Waals surface area contributed by atoms with Crippen molar-refractivity contribution < 1.29 is 9.53 Å². The second-order valence-corrected chi connectivity index (χ2v) is 4.93. The number of methoxy groups -OCH3 is 1. The second kappa shape index (κ2) is 5.06. The first-order valence-electron chi connectivity index (χ1n) is 5.45. The zero-order valence-corrected chi connectivity index (χ0v) is 11.5. The van der Waals surface area contributed by atoms with Crippen molar-refractivity contribution >= 4 is 21.8 Å². The predicted octanol–water partition coefficient (Wildman–Crippen LogP) is 1.50. The Morgan fingerprint density at radius 3 is 2.76 bits per heavy atom. The van der Waals surface area contributed by atoms with Gasteiger partial charge in [0.15, 0.2) is 0 Å². The van der Waals surface area contributed by atoms with Crippen LogP contribution in [0.25, 0.3) is 0 Å². The molecule has 0 spiro atoms. The van der Waals surface area contributed by atoms with Gasteiger partial charge in [-0.25, -0.2) is 0 Å². The SMILES string of the molecule is COc1ccc(Br)c(C(=O)N(C)C2CNC2)c1. The Morgan fingerprint density at radius 2 is 2.24 bits per heavy atom. The fourth-order valence-electron chi connectivity index (χ4n) is 1.70. The lowest BCUT2D eigenvalue weighted by Crippen LogP contribution is -2.57. The van der Waals surface area contributed by atoms with Gasteiger partial charge in [-0.15, -0.1) is 0 Å². The summed E-state index contributed by atoms with van der Waals surface area (Å²) in [7, 11) is 3.43. The molecule has 0 aromatic heterocycles. The summed E-state index contributed by atoms with van der Waals surface area (Å²) in [4.78, 5) is 14.1. The zero-order valence-electron chi connectivity index (χ0n) is 9.87. The Kier molecular flexibility index (Phi) is 3.69. The number of nitrogens with zero attached hydrogens (tertiary/aromatic N) is 1. The number of carbonyl (C=O) groups excluding carboxylic acids is 1. The van der Waals surface area contributed by atoms with Gasteiger partial charge in [0.25, 0.3) is 5.91 Å². The Hall–Kier alpha value is -1.07. The van der Waals surface area contributed by atoms with E-state index in [2.05, 4.69) is 21.2 Å². The highest BCUT2D eigenvalue weighted by Gasteiger charge is 2.27. The molecule has 0 aliphatic carbocycles. The highest BCUT2D eigenvalue weighted by molar-refractivity contribution is 9.10. The lowest BCUT2D eigenvalue weighted by molar-refractivity contribution is 0.0680. The van der Waals surface area contributed by atoms with Gasteiger partial charge in [-0.05, 0) is 34.1 Å². The number of hydrogen-bond acceptors (Lipinski definition) is 3. The van der Waals surface area contributed by atoms with Crippen molar-refractivity contribution in [3.63, 3.8) is 0 Å². The van der Waals surface area contributed by atoms with Gasteiger partial charge in [-0.3, -0.25) is 4.79 Å². The Labute approximate surface area is 109 Å². The summed E-state index contributed by atoms with van der Waals surface area (Å²) in [5, 5.41) is 3.16. The first kappa shape index (κ1) is 12.4. The quantitative estimate of drug-likeness (QED) is 0.919. The van der Waals surface area contributed by atoms with Crippen molar-refractivity contribution in [1.29, 1.82) is 0 Å². The van der Waals surface area contributed by atoms with Crippen LogP contribution < -0.4 is 10.1 Å². The monoisotopic (exact) mass is 298 g/mol. The van der Waals surface area contributed by atoms with Gasteiger partial charge in [0.1, 0.15) is 5.75 Å². The Morgan fingerprint density at radius 1 is 1.53 bits per heavy atom. The topological polar surface area (TPSA) is 41.6 Å². The van der Waals surface area contributed by atoms with Crippen molar-refractivity contribution in [2.75, 3.05) is 27.2 Å². The van der Waals surface area contributed by atoms with Crippen LogP contribution in [0.2, 0.25) is 0 Å². The molecule has 2 rings (SSSR count). The summed E-state index contributed by atoms with van der Waals surface area (Å²) < 4.78 is 5.93. The molecule has 1 aliphatic rings. The molecular weight excluding hydrogens is 284 g/mol. The lowest BCUT2D eigenvalue weighted by atomic mass is 10.1. The molecule has 17 heavy (non-hydrogen) atoms. The van der Waals surface area contributed by atoms with Gasteiger partial charge in [0, 0.05) is 24.6 Å². The Balaban J connectivity index is 2.22. The van der Waals surface area contributed by atoms with E-state index >= 15 is 0 Å². The van der Waals surface area contributed by atoms with Crippen molar-refractivity contribution in [1.82, 2.24) is 10.2 Å². The number of nitrogens with one attached hydrogen (secondary N) is 1. The first-order chi connectivity index (χ1) is 8.13. The maximum atomic E-state index is 12.3. The van der Waals surface area contributed by atoms with Gasteiger partial charge < -0.3 is 15.0 Å². The molecule has 0 radical (unpaired) electrons. The predicted molar refractivity (Wildman–Crippen MR) is 69.4 cm³/mol. The van der Waals surface area contributed by atoms with E-state index in [1.165, 1.54) is 0 Å². The molecule has 1 aliphatic heterocycles. The second-order valence-electron chi connectivity index (χ2n) is 4.07. The number of ether oxygens (including phenoxy) is 1. The number of rotatable bonds is 3. The summed E-state index contributed by atoms with van der Waals surface area (Å²) in [5.41, 5.74) is 0.638. The molecule has 0 unspecified atom stereocenters. The van der Waals surface area contributed by atoms with E-state index in [1.807, 2.05) is 19.2 Å². The van der Waals surface area contributed by atoms with E-state index in [1.54, 1.807) is 18.1 Å². The third kappa shape index (κ3) is 2.45. The average Bonchev–Trinajstić information content (AvgIpc) is 2.26. The van der Waals surface area contributed by atoms with E-state index in [0.717, 1.165) is 17.6 Å². The molecule has 5 heteroatoms. The van der Waals surface area contributed by atoms with Crippen LogP contribution >= 0.6 is 15.9 Å². The van der Waals surface area contributed by atoms with E-state index in [9.17, 15) is 4.79 Å². The summed E-state index contributed by atoms with van der Waals surface area (Å²) in [6, 6.07) is 5.71. The summed E-state index contributed by atoms with van der Waals surface area (Å²) in [6.07, 6.45) is 0. The van der Waals surface area contributed by atoms with E-state index in [4.69, 9.17) is 4.74 Å². The largest absolute Gasteiger partial charge is 0.497 e. The number of likely N-dealkylation sites (N-methyl/N-ethyl adjacent to an activating group) is 1. The number of halogens is 1. The summed E-state index contributed by atoms with van der Waals surface area (Å²) in [5.74, 6) is 0.707. The molecule has 4 nitrogen and oxygen atoms in total. The van der Waals surface area contributed by atoms with Gasteiger partial charge in [-0.2, -0.15) is 0 Å². The fourth-order valence-corrected chi connectivity index (χ4v) is 2.11. The van der Waals surface area contributed by atoms with Crippen LogP contribution in [0.4, 0.5) is 0 Å². The van der Waals surface area contributed by atoms with Crippen LogP contribution in [0.3, 0.4) is 0 Å². The molecule has 0 saturated carbocycles. The van der Waals surface area contributed by atoms with Crippen LogP contribution in [0.5, 0.6) is 5.75 Å². The number of hydrogen-bond donors (Lipinski definition) is 1. The van der Waals surface area contributed by atoms with E-state index in [-0.39, 0.29) is 5.91 Å². The van der Waals surface area contributed by atoms with Crippen LogP contribution in [0, 0.1) is 0 Å². The van der Waals surface area contributed by atoms with Gasteiger partial charge in [-0.1, -0.05) is 0 Å². The van der Waals surface area contributed by atoms with Gasteiger partial charge in [0.05, 0.1) is 18.7 Å². The molecule has 1 saturated heterocycles. The number of benzene rings is 1. The number of amides is 1. The Bertz CT molecular complexity index is 433. The molecule has 1 amide bonds. The van der Waals surface area contributed by atoms with E-state index in [0.29, 0.717) is 17.4 Å². The third-order valence-corrected chi connectivity index (χ3v) is 3.72. The molecule has 1 N–H and O–H groups in total. The van der Waals surface area contributed by atoms with Crippen molar-refractivity contribution in [3.05, 3.63) is 28.2 Å². The van der Waals surface area contributed by atoms with Crippen LogP contribution in [0.15, 0.2) is 22.7 Å². The lowest BCUT2D eigenvalue weighted by Gasteiger charge is -2.35. The summed E-state index contributed by atoms with van der Waals surface area (Å²) >= 11 is 3.40. The highest BCUT2D eigenvalue weighted by Crippen LogP contribution is 2.24. The molecule has 1 aromatic carbocycles. The van der Waals surface area contributed by atoms with Crippen molar-refractivity contribution in [2.45, 2.75) is 6.04 Å². The standard InChI is InChI=1S/C12H15BrN2O2/c1-15(8-6-14-7-8)12(16)10-5-9(17-2)3-4-11(10)13/h3-5,8,14H,6-7H2,1-2H3. The summed E-state index contributed by atoms with van der Waals surface area (Å²) in [6.45, 7) is 1.73. The third-order valence-electron chi connectivity index (χ3n) is 3.03.